The van der Waals surface area contributed by atoms with Crippen molar-refractivity contribution in [2.45, 2.75) is 32.2 Å². The number of carbonyl (C=O) groups is 1. The summed E-state index contributed by atoms with van der Waals surface area (Å²) in [7, 11) is 0. The summed E-state index contributed by atoms with van der Waals surface area (Å²) >= 11 is 11.7. The topological polar surface area (TPSA) is 64.3 Å². The molecule has 3 N–H and O–H groups in total. The molecular formula is C14H20Cl2N2O2. The van der Waals surface area contributed by atoms with Crippen LogP contribution < -0.4 is 15.8 Å². The highest BCUT2D eigenvalue weighted by molar-refractivity contribution is 6.34. The summed E-state index contributed by atoms with van der Waals surface area (Å²) in [5, 5.41) is 3.85. The summed E-state index contributed by atoms with van der Waals surface area (Å²) in [4.78, 5) is 11.9. The lowest BCUT2D eigenvalue weighted by atomic mass is 9.93. The average Bonchev–Trinajstić information content (AvgIpc) is 2.42. The van der Waals surface area contributed by atoms with Crippen LogP contribution in [0.1, 0.15) is 26.7 Å². The van der Waals surface area contributed by atoms with Gasteiger partial charge in [0.1, 0.15) is 5.75 Å². The van der Waals surface area contributed by atoms with Gasteiger partial charge in [-0.25, -0.2) is 0 Å². The van der Waals surface area contributed by atoms with E-state index in [2.05, 4.69) is 5.32 Å². The minimum atomic E-state index is -0.369. The molecule has 0 spiro atoms. The molecule has 0 bridgehead atoms. The van der Waals surface area contributed by atoms with E-state index >= 15 is 0 Å². The van der Waals surface area contributed by atoms with Gasteiger partial charge < -0.3 is 15.8 Å². The van der Waals surface area contributed by atoms with Gasteiger partial charge in [0.05, 0.1) is 5.54 Å². The van der Waals surface area contributed by atoms with Gasteiger partial charge in [-0.1, -0.05) is 37.0 Å². The van der Waals surface area contributed by atoms with E-state index in [0.717, 1.165) is 12.8 Å². The fourth-order valence-electron chi connectivity index (χ4n) is 1.86. The van der Waals surface area contributed by atoms with E-state index in [1.807, 2.05) is 13.8 Å². The number of benzene rings is 1. The van der Waals surface area contributed by atoms with Gasteiger partial charge in [-0.2, -0.15) is 0 Å². The molecule has 0 atom stereocenters. The summed E-state index contributed by atoms with van der Waals surface area (Å²) in [6.45, 7) is 4.29. The Morgan fingerprint density at radius 2 is 1.80 bits per heavy atom. The number of nitrogens with two attached hydrogens (primary N) is 1. The molecule has 0 fully saturated rings. The van der Waals surface area contributed by atoms with Gasteiger partial charge in [0.2, 0.25) is 0 Å². The van der Waals surface area contributed by atoms with E-state index in [-0.39, 0.29) is 18.1 Å². The maximum absolute atomic E-state index is 11.9. The SMILES string of the molecule is CCC(CC)(CN)NC(=O)COc1cc(Cl)cc(Cl)c1. The smallest absolute Gasteiger partial charge is 0.258 e. The maximum Gasteiger partial charge on any atom is 0.258 e. The Kier molecular flexibility index (Phi) is 6.59. The first-order chi connectivity index (χ1) is 9.44. The van der Waals surface area contributed by atoms with Crippen molar-refractivity contribution in [2.24, 2.45) is 5.73 Å². The summed E-state index contributed by atoms with van der Waals surface area (Å²) in [6.07, 6.45) is 1.55. The molecule has 1 aromatic rings. The van der Waals surface area contributed by atoms with Gasteiger partial charge in [0.15, 0.2) is 6.61 Å². The van der Waals surface area contributed by atoms with E-state index < -0.39 is 0 Å². The summed E-state index contributed by atoms with van der Waals surface area (Å²) in [5.41, 5.74) is 5.37. The van der Waals surface area contributed by atoms with Crippen LogP contribution in [0.3, 0.4) is 0 Å². The molecular weight excluding hydrogens is 299 g/mol. The van der Waals surface area contributed by atoms with E-state index in [1.165, 1.54) is 0 Å². The number of hydrogen-bond donors (Lipinski definition) is 2. The minimum Gasteiger partial charge on any atom is -0.484 e. The molecule has 6 heteroatoms. The fraction of sp³-hybridized carbons (Fsp3) is 0.500. The third-order valence-electron chi connectivity index (χ3n) is 3.35. The number of hydrogen-bond acceptors (Lipinski definition) is 3. The quantitative estimate of drug-likeness (QED) is 0.812. The largest absolute Gasteiger partial charge is 0.484 e. The van der Waals surface area contributed by atoms with Crippen molar-refractivity contribution >= 4 is 29.1 Å². The van der Waals surface area contributed by atoms with Crippen LogP contribution in [0.2, 0.25) is 10.0 Å². The Bertz CT molecular complexity index is 434. The average molecular weight is 319 g/mol. The zero-order valence-corrected chi connectivity index (χ0v) is 13.2. The van der Waals surface area contributed by atoms with Crippen molar-refractivity contribution in [1.82, 2.24) is 5.32 Å². The normalized spacial score (nSPS) is 11.2. The van der Waals surface area contributed by atoms with E-state index in [9.17, 15) is 4.79 Å². The van der Waals surface area contributed by atoms with Crippen LogP contribution in [-0.2, 0) is 4.79 Å². The predicted octanol–water partition coefficient (Wildman–Crippen LogP) is 3.01. The van der Waals surface area contributed by atoms with Crippen LogP contribution in [0.5, 0.6) is 5.75 Å². The summed E-state index contributed by atoms with van der Waals surface area (Å²) in [6, 6.07) is 4.82. The second kappa shape index (κ2) is 7.72. The third-order valence-corrected chi connectivity index (χ3v) is 3.79. The van der Waals surface area contributed by atoms with Gasteiger partial charge in [-0.15, -0.1) is 0 Å². The lowest BCUT2D eigenvalue weighted by molar-refractivity contribution is -0.125. The Morgan fingerprint density at radius 3 is 2.25 bits per heavy atom. The van der Waals surface area contributed by atoms with Crippen LogP contribution in [0.4, 0.5) is 0 Å². The monoisotopic (exact) mass is 318 g/mol. The number of rotatable bonds is 7. The zero-order valence-electron chi connectivity index (χ0n) is 11.7. The third kappa shape index (κ3) is 4.85. The van der Waals surface area contributed by atoms with Gasteiger partial charge in [0, 0.05) is 16.6 Å². The highest BCUT2D eigenvalue weighted by atomic mass is 35.5. The van der Waals surface area contributed by atoms with Gasteiger partial charge in [0.25, 0.3) is 5.91 Å². The highest BCUT2D eigenvalue weighted by Gasteiger charge is 2.26. The lowest BCUT2D eigenvalue weighted by Crippen LogP contribution is -2.54. The minimum absolute atomic E-state index is 0.0988. The second-order valence-electron chi connectivity index (χ2n) is 4.63. The molecule has 0 radical (unpaired) electrons. The zero-order chi connectivity index (χ0) is 15.2. The van der Waals surface area contributed by atoms with Gasteiger partial charge in [-0.05, 0) is 31.0 Å². The molecule has 4 nitrogen and oxygen atoms in total. The van der Waals surface area contributed by atoms with Crippen LogP contribution >= 0.6 is 23.2 Å². The number of amides is 1. The number of halogens is 2. The molecule has 0 saturated carbocycles. The van der Waals surface area contributed by atoms with Gasteiger partial charge >= 0.3 is 0 Å². The lowest BCUT2D eigenvalue weighted by Gasteiger charge is -2.31. The maximum atomic E-state index is 11.9. The standard InChI is InChI=1S/C14H20Cl2N2O2/c1-3-14(4-2,9-17)18-13(19)8-20-12-6-10(15)5-11(16)7-12/h5-7H,3-4,8-9,17H2,1-2H3,(H,18,19). The van der Waals surface area contributed by atoms with Crippen molar-refractivity contribution in [3.05, 3.63) is 28.2 Å². The molecule has 0 aliphatic heterocycles. The van der Waals surface area contributed by atoms with Crippen molar-refractivity contribution in [1.29, 1.82) is 0 Å². The molecule has 0 heterocycles. The van der Waals surface area contributed by atoms with Crippen LogP contribution in [0.25, 0.3) is 0 Å². The van der Waals surface area contributed by atoms with E-state index in [1.54, 1.807) is 18.2 Å². The van der Waals surface area contributed by atoms with Crippen LogP contribution in [0, 0.1) is 0 Å². The first kappa shape index (κ1) is 17.1. The molecule has 0 unspecified atom stereocenters. The predicted molar refractivity (Wildman–Crippen MR) is 82.5 cm³/mol. The van der Waals surface area contributed by atoms with Crippen LogP contribution in [-0.4, -0.2) is 24.6 Å². The highest BCUT2D eigenvalue weighted by Crippen LogP contribution is 2.24. The molecule has 1 amide bonds. The molecule has 0 saturated heterocycles. The van der Waals surface area contributed by atoms with Crippen LogP contribution in [0.15, 0.2) is 18.2 Å². The first-order valence-corrected chi connectivity index (χ1v) is 7.30. The van der Waals surface area contributed by atoms with E-state index in [0.29, 0.717) is 22.3 Å². The number of nitrogens with one attached hydrogen (secondary N) is 1. The molecule has 20 heavy (non-hydrogen) atoms. The molecule has 0 aromatic heterocycles. The van der Waals surface area contributed by atoms with Crippen molar-refractivity contribution < 1.29 is 9.53 Å². The second-order valence-corrected chi connectivity index (χ2v) is 5.51. The van der Waals surface area contributed by atoms with Gasteiger partial charge in [-0.3, -0.25) is 4.79 Å². The Labute approximate surface area is 129 Å². The fourth-order valence-corrected chi connectivity index (χ4v) is 2.37. The Balaban J connectivity index is 2.59. The Morgan fingerprint density at radius 1 is 1.25 bits per heavy atom. The molecule has 1 rings (SSSR count). The summed E-state index contributed by atoms with van der Waals surface area (Å²) < 4.78 is 5.39. The van der Waals surface area contributed by atoms with Crippen molar-refractivity contribution in [2.75, 3.05) is 13.2 Å². The molecule has 1 aromatic carbocycles. The molecule has 0 aliphatic carbocycles. The number of ether oxygens (including phenoxy) is 1. The van der Waals surface area contributed by atoms with Crippen molar-refractivity contribution in [3.8, 4) is 5.75 Å². The molecule has 112 valence electrons. The van der Waals surface area contributed by atoms with E-state index in [4.69, 9.17) is 33.7 Å². The Hall–Kier alpha value is -0.970. The number of carbonyl (C=O) groups excluding carboxylic acids is 1. The molecule has 0 aliphatic rings. The van der Waals surface area contributed by atoms with Crippen molar-refractivity contribution in [3.63, 3.8) is 0 Å². The first-order valence-electron chi connectivity index (χ1n) is 6.54. The summed E-state index contributed by atoms with van der Waals surface area (Å²) in [5.74, 6) is 0.249.